The van der Waals surface area contributed by atoms with Crippen LogP contribution in [0.2, 0.25) is 5.02 Å². The molecule has 3 aromatic rings. The topological polar surface area (TPSA) is 90.0 Å². The molecule has 0 saturated carbocycles. The Labute approximate surface area is 218 Å². The Morgan fingerprint density at radius 1 is 1.17 bits per heavy atom. The summed E-state index contributed by atoms with van der Waals surface area (Å²) in [6.45, 7) is 1.28. The number of carbonyl (C=O) groups excluding carboxylic acids is 2. The number of fused-ring (bicyclic) bond motifs is 1. The summed E-state index contributed by atoms with van der Waals surface area (Å²) in [6, 6.07) is 9.55. The van der Waals surface area contributed by atoms with Crippen LogP contribution in [0.15, 0.2) is 46.7 Å². The third-order valence-electron chi connectivity index (χ3n) is 5.94. The van der Waals surface area contributed by atoms with Crippen LogP contribution in [0.4, 0.5) is 10.1 Å². The third-order valence-corrected chi connectivity index (χ3v) is 9.22. The summed E-state index contributed by atoms with van der Waals surface area (Å²) >= 11 is 7.05. The van der Waals surface area contributed by atoms with E-state index in [1.165, 1.54) is 28.0 Å². The zero-order chi connectivity index (χ0) is 26.2. The zero-order valence-corrected chi connectivity index (χ0v) is 22.4. The molecule has 12 heteroatoms. The summed E-state index contributed by atoms with van der Waals surface area (Å²) in [5.41, 5.74) is 0.178. The number of amides is 2. The molecule has 1 aromatic heterocycles. The molecule has 0 aliphatic carbocycles. The molecule has 8 nitrogen and oxygen atoms in total. The number of anilines is 1. The molecule has 0 bridgehead atoms. The van der Waals surface area contributed by atoms with Crippen molar-refractivity contribution in [3.8, 4) is 0 Å². The highest BCUT2D eigenvalue weighted by Crippen LogP contribution is 2.32. The van der Waals surface area contributed by atoms with Gasteiger partial charge in [0.25, 0.3) is 15.9 Å². The molecule has 2 heterocycles. The van der Waals surface area contributed by atoms with Crippen molar-refractivity contribution in [3.05, 3.63) is 58.9 Å². The first-order valence-electron chi connectivity index (χ1n) is 11.2. The van der Waals surface area contributed by atoms with E-state index in [4.69, 9.17) is 11.6 Å². The largest absolute Gasteiger partial charge is 0.340 e. The van der Waals surface area contributed by atoms with E-state index >= 15 is 0 Å². The molecule has 36 heavy (non-hydrogen) atoms. The maximum absolute atomic E-state index is 15.0. The van der Waals surface area contributed by atoms with Crippen LogP contribution in [-0.2, 0) is 14.8 Å². The lowest BCUT2D eigenvalue weighted by atomic mass is 10.1. The smallest absolute Gasteiger partial charge is 0.253 e. The summed E-state index contributed by atoms with van der Waals surface area (Å²) in [7, 11) is 1.46. The van der Waals surface area contributed by atoms with Crippen molar-refractivity contribution < 1.29 is 22.4 Å². The highest BCUT2D eigenvalue weighted by atomic mass is 35.5. The SMILES string of the molecule is CN(C)CCN(C)C(=O)c1ccc(N2CC[C@H](NS(=O)(=O)c3cc4ccc(Cl)cc4s3)C2=O)c(F)c1. The molecule has 1 aliphatic heterocycles. The van der Waals surface area contributed by atoms with Gasteiger partial charge in [-0.05, 0) is 62.3 Å². The molecule has 0 unspecified atom stereocenters. The molecule has 4 rings (SSSR count). The number of halogens is 2. The normalized spacial score (nSPS) is 16.3. The number of hydrogen-bond donors (Lipinski definition) is 1. The zero-order valence-electron chi connectivity index (χ0n) is 20.0. The maximum atomic E-state index is 15.0. The Morgan fingerprint density at radius 3 is 2.61 bits per heavy atom. The molecule has 2 amide bonds. The van der Waals surface area contributed by atoms with Crippen LogP contribution >= 0.6 is 22.9 Å². The van der Waals surface area contributed by atoms with Crippen molar-refractivity contribution in [2.45, 2.75) is 16.7 Å². The van der Waals surface area contributed by atoms with E-state index < -0.39 is 27.8 Å². The van der Waals surface area contributed by atoms with Crippen LogP contribution in [0.5, 0.6) is 0 Å². The number of sulfonamides is 1. The lowest BCUT2D eigenvalue weighted by molar-refractivity contribution is -0.118. The van der Waals surface area contributed by atoms with Crippen molar-refractivity contribution in [2.24, 2.45) is 0 Å². The van der Waals surface area contributed by atoms with Gasteiger partial charge in [-0.15, -0.1) is 11.3 Å². The molecule has 1 saturated heterocycles. The number of nitrogens with zero attached hydrogens (tertiary/aromatic N) is 3. The number of thiophene rings is 1. The predicted molar refractivity (Wildman–Crippen MR) is 140 cm³/mol. The minimum absolute atomic E-state index is 0.00527. The highest BCUT2D eigenvalue weighted by molar-refractivity contribution is 7.91. The molecular formula is C24H26ClFN4O4S2. The van der Waals surface area contributed by atoms with Crippen molar-refractivity contribution >= 4 is 60.5 Å². The van der Waals surface area contributed by atoms with Crippen LogP contribution in [0.1, 0.15) is 16.8 Å². The fourth-order valence-electron chi connectivity index (χ4n) is 3.92. The van der Waals surface area contributed by atoms with E-state index in [0.717, 1.165) is 22.8 Å². The monoisotopic (exact) mass is 552 g/mol. The average molecular weight is 553 g/mol. The van der Waals surface area contributed by atoms with Crippen molar-refractivity contribution in [1.82, 2.24) is 14.5 Å². The van der Waals surface area contributed by atoms with Gasteiger partial charge in [-0.25, -0.2) is 12.8 Å². The van der Waals surface area contributed by atoms with E-state index in [1.807, 2.05) is 19.0 Å². The minimum Gasteiger partial charge on any atom is -0.340 e. The number of likely N-dealkylation sites (N-methyl/N-ethyl adjacent to an activating group) is 2. The first-order valence-corrected chi connectivity index (χ1v) is 13.9. The van der Waals surface area contributed by atoms with Crippen LogP contribution in [0.25, 0.3) is 10.1 Å². The van der Waals surface area contributed by atoms with E-state index in [2.05, 4.69) is 4.72 Å². The number of benzene rings is 2. The van der Waals surface area contributed by atoms with Crippen molar-refractivity contribution in [3.63, 3.8) is 0 Å². The molecule has 1 fully saturated rings. The predicted octanol–water partition coefficient (Wildman–Crippen LogP) is 3.41. The van der Waals surface area contributed by atoms with Gasteiger partial charge in [0.2, 0.25) is 5.91 Å². The fourth-order valence-corrected chi connectivity index (χ4v) is 6.83. The van der Waals surface area contributed by atoms with Gasteiger partial charge in [0.15, 0.2) is 0 Å². The molecule has 0 spiro atoms. The van der Waals surface area contributed by atoms with E-state index in [1.54, 1.807) is 25.2 Å². The lowest BCUT2D eigenvalue weighted by Crippen LogP contribution is -2.41. The molecule has 1 atom stereocenters. The van der Waals surface area contributed by atoms with E-state index in [-0.39, 0.29) is 34.3 Å². The summed E-state index contributed by atoms with van der Waals surface area (Å²) in [5.74, 6) is -1.60. The summed E-state index contributed by atoms with van der Waals surface area (Å²) in [6.07, 6.45) is 0.183. The number of carbonyl (C=O) groups is 2. The van der Waals surface area contributed by atoms with Gasteiger partial charge in [-0.3, -0.25) is 9.59 Å². The first-order chi connectivity index (χ1) is 17.0. The second-order valence-corrected chi connectivity index (χ2v) is 12.4. The summed E-state index contributed by atoms with van der Waals surface area (Å²) < 4.78 is 44.1. The second kappa shape index (κ2) is 10.4. The van der Waals surface area contributed by atoms with Crippen LogP contribution in [0, 0.1) is 5.82 Å². The van der Waals surface area contributed by atoms with E-state index in [0.29, 0.717) is 22.8 Å². The van der Waals surface area contributed by atoms with Gasteiger partial charge in [0, 0.05) is 42.0 Å². The molecular weight excluding hydrogens is 527 g/mol. The van der Waals surface area contributed by atoms with Gasteiger partial charge in [-0.1, -0.05) is 17.7 Å². The van der Waals surface area contributed by atoms with Gasteiger partial charge < -0.3 is 14.7 Å². The minimum atomic E-state index is -3.98. The fraction of sp³-hybridized carbons (Fsp3) is 0.333. The number of nitrogens with one attached hydrogen (secondary N) is 1. The maximum Gasteiger partial charge on any atom is 0.253 e. The van der Waals surface area contributed by atoms with Crippen LogP contribution < -0.4 is 9.62 Å². The molecule has 1 aliphatic rings. The van der Waals surface area contributed by atoms with Gasteiger partial charge in [0.05, 0.1) is 5.69 Å². The van der Waals surface area contributed by atoms with Crippen LogP contribution in [0.3, 0.4) is 0 Å². The highest BCUT2D eigenvalue weighted by Gasteiger charge is 2.37. The average Bonchev–Trinajstić information content (AvgIpc) is 3.40. The standard InChI is InChI=1S/C24H26ClFN4O4S2/c1-28(2)10-11-29(3)23(31)16-5-7-20(18(26)12-16)30-9-8-19(24(30)32)27-36(33,34)22-13-15-4-6-17(25)14-21(15)35-22/h4-7,12-14,19,27H,8-11H2,1-3H3/t19-/m0/s1. The Kier molecular flexibility index (Phi) is 7.67. The molecule has 2 aromatic carbocycles. The number of hydrogen-bond acceptors (Lipinski definition) is 6. The Hall–Kier alpha value is -2.57. The summed E-state index contributed by atoms with van der Waals surface area (Å²) in [4.78, 5) is 30.3. The molecule has 192 valence electrons. The summed E-state index contributed by atoms with van der Waals surface area (Å²) in [5, 5.41) is 1.23. The van der Waals surface area contributed by atoms with Gasteiger partial charge in [0.1, 0.15) is 16.1 Å². The Balaban J connectivity index is 1.47. The Bertz CT molecular complexity index is 1430. The first kappa shape index (κ1) is 26.5. The third kappa shape index (κ3) is 5.55. The molecule has 1 N–H and O–H groups in total. The second-order valence-electron chi connectivity index (χ2n) is 8.90. The van der Waals surface area contributed by atoms with Gasteiger partial charge >= 0.3 is 0 Å². The Morgan fingerprint density at radius 2 is 1.92 bits per heavy atom. The van der Waals surface area contributed by atoms with Crippen molar-refractivity contribution in [2.75, 3.05) is 45.7 Å². The lowest BCUT2D eigenvalue weighted by Gasteiger charge is -2.21. The number of rotatable bonds is 8. The van der Waals surface area contributed by atoms with Crippen molar-refractivity contribution in [1.29, 1.82) is 0 Å². The molecule has 0 radical (unpaired) electrons. The van der Waals surface area contributed by atoms with E-state index in [9.17, 15) is 22.4 Å². The van der Waals surface area contributed by atoms with Gasteiger partial charge in [-0.2, -0.15) is 4.72 Å². The van der Waals surface area contributed by atoms with Crippen LogP contribution in [-0.4, -0.2) is 76.9 Å². The quantitative estimate of drug-likeness (QED) is 0.462.